The second-order valence-electron chi connectivity index (χ2n) is 19.4. The number of allylic oxidation sites excluding steroid dienone is 1. The molecule has 5 aliphatic carbocycles. The SMILES string of the molecule is C=C(C)[C@@H]1CC[C@]2(C(=O)NCCc3cccnc3)CC[C@]3(C)[C@H](CC[C@@H]4[C@@]5(C)CC[C@H](OC(=O)CC(C)(C)C(=O)O)C(C)(C)[C@@H]5CC[C@]43C)[C@@H]12. The first-order valence-electron chi connectivity index (χ1n) is 19.6. The Balaban J connectivity index is 1.23. The summed E-state index contributed by atoms with van der Waals surface area (Å²) in [4.78, 5) is 43.5. The van der Waals surface area contributed by atoms with E-state index in [-0.39, 0.29) is 45.5 Å². The van der Waals surface area contributed by atoms with E-state index >= 15 is 0 Å². The number of hydrogen-bond acceptors (Lipinski definition) is 5. The van der Waals surface area contributed by atoms with Crippen LogP contribution < -0.4 is 5.32 Å². The van der Waals surface area contributed by atoms with E-state index in [1.807, 2.05) is 12.3 Å². The number of carboxylic acid groups (broad SMARTS) is 1. The first-order chi connectivity index (χ1) is 23.3. The summed E-state index contributed by atoms with van der Waals surface area (Å²) in [5, 5.41) is 13.0. The number of carboxylic acids is 1. The van der Waals surface area contributed by atoms with Crippen molar-refractivity contribution in [2.75, 3.05) is 6.54 Å². The lowest BCUT2D eigenvalue weighted by molar-refractivity contribution is -0.249. The van der Waals surface area contributed by atoms with E-state index in [1.54, 1.807) is 20.0 Å². The predicted octanol–water partition coefficient (Wildman–Crippen LogP) is 8.81. The van der Waals surface area contributed by atoms with Gasteiger partial charge in [-0.05, 0) is 149 Å². The van der Waals surface area contributed by atoms with Crippen LogP contribution >= 0.6 is 0 Å². The molecule has 2 N–H and O–H groups in total. The van der Waals surface area contributed by atoms with Gasteiger partial charge in [0.2, 0.25) is 5.91 Å². The molecule has 6 rings (SSSR count). The number of rotatable bonds is 9. The lowest BCUT2D eigenvalue weighted by atomic mass is 9.32. The molecule has 5 fully saturated rings. The molecular formula is C43H64N2O5. The minimum Gasteiger partial charge on any atom is -0.481 e. The number of aromatic nitrogens is 1. The van der Waals surface area contributed by atoms with Gasteiger partial charge in [0.25, 0.3) is 0 Å². The average Bonchev–Trinajstić information content (AvgIpc) is 3.44. The van der Waals surface area contributed by atoms with Crippen LogP contribution in [0.2, 0.25) is 0 Å². The van der Waals surface area contributed by atoms with E-state index in [0.717, 1.165) is 69.8 Å². The van der Waals surface area contributed by atoms with Gasteiger partial charge in [0, 0.05) is 24.4 Å². The fourth-order valence-electron chi connectivity index (χ4n) is 13.4. The van der Waals surface area contributed by atoms with E-state index in [2.05, 4.69) is 64.5 Å². The fraction of sp³-hybridized carbons (Fsp3) is 0.767. The van der Waals surface area contributed by atoms with Crippen molar-refractivity contribution in [3.8, 4) is 0 Å². The number of nitrogens with zero attached hydrogens (tertiary/aromatic N) is 1. The molecule has 1 heterocycles. The zero-order valence-electron chi connectivity index (χ0n) is 32.2. The molecule has 0 unspecified atom stereocenters. The maximum absolute atomic E-state index is 14.4. The van der Waals surface area contributed by atoms with Gasteiger partial charge in [-0.15, -0.1) is 0 Å². The van der Waals surface area contributed by atoms with E-state index < -0.39 is 17.4 Å². The van der Waals surface area contributed by atoms with Gasteiger partial charge in [-0.25, -0.2) is 0 Å². The maximum Gasteiger partial charge on any atom is 0.309 e. The molecule has 1 amide bonds. The van der Waals surface area contributed by atoms with Crippen LogP contribution in [0.3, 0.4) is 0 Å². The highest BCUT2D eigenvalue weighted by molar-refractivity contribution is 5.84. The van der Waals surface area contributed by atoms with Crippen molar-refractivity contribution < 1.29 is 24.2 Å². The standard InChI is InChI=1S/C43H64N2O5/c1-27(2)29-14-20-43(36(47)45-24-17-28-11-10-23-44-26-28)22-21-41(8)30(35(29)43)12-13-32-40(7)18-16-33(50-34(46)25-38(3,4)37(48)49)39(5,6)31(40)15-19-42(32,41)9/h10-11,23,26,29-33,35H,1,12-22,24-25H2,2-9H3,(H,45,47)(H,48,49)/t29-,30+,31-,32+,33-,35+,40-,41+,42+,43-/m0/s1. The summed E-state index contributed by atoms with van der Waals surface area (Å²) in [6.45, 7) is 22.9. The largest absolute Gasteiger partial charge is 0.481 e. The topological polar surface area (TPSA) is 106 Å². The van der Waals surface area contributed by atoms with Crippen molar-refractivity contribution in [3.05, 3.63) is 42.2 Å². The van der Waals surface area contributed by atoms with Crippen LogP contribution in [0.15, 0.2) is 36.7 Å². The molecule has 5 aliphatic rings. The van der Waals surface area contributed by atoms with Gasteiger partial charge < -0.3 is 15.2 Å². The molecule has 0 bridgehead atoms. The van der Waals surface area contributed by atoms with Crippen LogP contribution in [-0.4, -0.2) is 40.6 Å². The van der Waals surface area contributed by atoms with Crippen LogP contribution in [0.5, 0.6) is 0 Å². The quantitative estimate of drug-likeness (QED) is 0.199. The van der Waals surface area contributed by atoms with E-state index in [9.17, 15) is 19.5 Å². The third-order valence-corrected chi connectivity index (χ3v) is 16.3. The number of nitrogens with one attached hydrogen (secondary N) is 1. The second kappa shape index (κ2) is 12.8. The number of pyridine rings is 1. The number of carbonyl (C=O) groups excluding carboxylic acids is 2. The van der Waals surface area contributed by atoms with Crippen molar-refractivity contribution >= 4 is 17.8 Å². The molecule has 50 heavy (non-hydrogen) atoms. The molecule has 0 aromatic carbocycles. The lowest BCUT2D eigenvalue weighted by Gasteiger charge is -2.72. The van der Waals surface area contributed by atoms with Gasteiger partial charge in [0.1, 0.15) is 6.10 Å². The molecule has 0 aliphatic heterocycles. The molecule has 7 nitrogen and oxygen atoms in total. The van der Waals surface area contributed by atoms with Crippen LogP contribution in [-0.2, 0) is 25.5 Å². The Labute approximate surface area is 301 Å². The Morgan fingerprint density at radius 2 is 1.70 bits per heavy atom. The Morgan fingerprint density at radius 3 is 2.36 bits per heavy atom. The predicted molar refractivity (Wildman–Crippen MR) is 196 cm³/mol. The highest BCUT2D eigenvalue weighted by Gasteiger charge is 2.72. The van der Waals surface area contributed by atoms with Crippen LogP contribution in [0, 0.1) is 62.1 Å². The summed E-state index contributed by atoms with van der Waals surface area (Å²) < 4.78 is 6.17. The number of hydrogen-bond donors (Lipinski definition) is 2. The van der Waals surface area contributed by atoms with Crippen LogP contribution in [0.4, 0.5) is 0 Å². The number of ether oxygens (including phenoxy) is 1. The molecule has 276 valence electrons. The number of amides is 1. The van der Waals surface area contributed by atoms with Gasteiger partial charge in [0.15, 0.2) is 0 Å². The van der Waals surface area contributed by atoms with Crippen molar-refractivity contribution in [2.45, 2.75) is 139 Å². The molecule has 0 radical (unpaired) electrons. The molecule has 1 aromatic heterocycles. The van der Waals surface area contributed by atoms with E-state index in [4.69, 9.17) is 4.74 Å². The fourth-order valence-corrected chi connectivity index (χ4v) is 13.4. The van der Waals surface area contributed by atoms with Gasteiger partial charge in [-0.2, -0.15) is 0 Å². The smallest absolute Gasteiger partial charge is 0.309 e. The molecule has 5 saturated carbocycles. The third-order valence-electron chi connectivity index (χ3n) is 16.3. The number of fused-ring (bicyclic) bond motifs is 7. The minimum absolute atomic E-state index is 0.117. The average molecular weight is 689 g/mol. The van der Waals surface area contributed by atoms with Crippen molar-refractivity contribution in [1.29, 1.82) is 0 Å². The van der Waals surface area contributed by atoms with Crippen LogP contribution in [0.1, 0.15) is 132 Å². The van der Waals surface area contributed by atoms with Crippen LogP contribution in [0.25, 0.3) is 0 Å². The summed E-state index contributed by atoms with van der Waals surface area (Å²) in [6.07, 6.45) is 14.6. The van der Waals surface area contributed by atoms with E-state index in [1.165, 1.54) is 12.0 Å². The minimum atomic E-state index is -1.15. The molecule has 1 aromatic rings. The van der Waals surface area contributed by atoms with Crippen molar-refractivity contribution in [3.63, 3.8) is 0 Å². The Hall–Kier alpha value is -2.70. The molecule has 0 saturated heterocycles. The monoisotopic (exact) mass is 688 g/mol. The van der Waals surface area contributed by atoms with Crippen molar-refractivity contribution in [1.82, 2.24) is 10.3 Å². The van der Waals surface area contributed by atoms with Gasteiger partial charge >= 0.3 is 11.9 Å². The Morgan fingerprint density at radius 1 is 0.960 bits per heavy atom. The summed E-state index contributed by atoms with van der Waals surface area (Å²) in [5.41, 5.74) is 1.11. The molecule has 0 spiro atoms. The Bertz CT molecular complexity index is 1500. The first kappa shape index (κ1) is 37.1. The summed E-state index contributed by atoms with van der Waals surface area (Å²) in [6, 6.07) is 4.04. The van der Waals surface area contributed by atoms with Crippen molar-refractivity contribution in [2.24, 2.45) is 62.1 Å². The summed E-state index contributed by atoms with van der Waals surface area (Å²) in [7, 11) is 0. The maximum atomic E-state index is 14.4. The normalized spacial score (nSPS) is 40.3. The number of carbonyl (C=O) groups is 3. The highest BCUT2D eigenvalue weighted by atomic mass is 16.5. The summed E-state index contributed by atoms with van der Waals surface area (Å²) >= 11 is 0. The second-order valence-corrected chi connectivity index (χ2v) is 19.4. The zero-order chi connectivity index (χ0) is 36.5. The van der Waals surface area contributed by atoms with Gasteiger partial charge in [-0.1, -0.05) is 52.8 Å². The lowest BCUT2D eigenvalue weighted by Crippen LogP contribution is -2.67. The van der Waals surface area contributed by atoms with Gasteiger partial charge in [-0.3, -0.25) is 19.4 Å². The molecular weight excluding hydrogens is 624 g/mol. The van der Waals surface area contributed by atoms with Gasteiger partial charge in [0.05, 0.1) is 17.3 Å². The zero-order valence-corrected chi connectivity index (χ0v) is 32.2. The highest BCUT2D eigenvalue weighted by Crippen LogP contribution is 2.77. The number of esters is 1. The Kier molecular flexibility index (Phi) is 9.46. The molecule has 7 heteroatoms. The third kappa shape index (κ3) is 5.66. The first-order valence-corrected chi connectivity index (χ1v) is 19.6. The number of aliphatic carboxylic acids is 1. The molecule has 10 atom stereocenters. The van der Waals surface area contributed by atoms with E-state index in [0.29, 0.717) is 36.1 Å². The summed E-state index contributed by atoms with van der Waals surface area (Å²) in [5.74, 6) is 1.04.